The molecule has 3 aliphatic rings. The minimum atomic E-state index is -2.84. The zero-order valence-corrected chi connectivity index (χ0v) is 16.1. The molecule has 3 atom stereocenters. The standard InChI is InChI=1S/C20H20F3N3O4/c1-9-8-30-18-15-10(17(27)11(19(28)29)5-26(9)15)4-13(21)16(18)25-6-12-14(7-25)24-3-2-20(12,22)23/h4-5,9,12,14,24H,2-3,6-8H2,1H3,(H,28,29)/t9-,12+,14+/m0/s1. The first-order chi connectivity index (χ1) is 14.2. The number of piperidine rings is 1. The van der Waals surface area contributed by atoms with Crippen LogP contribution in [0.25, 0.3) is 10.9 Å². The number of pyridine rings is 1. The lowest BCUT2D eigenvalue weighted by molar-refractivity contribution is -0.0811. The zero-order chi connectivity index (χ0) is 21.4. The normalized spacial score (nSPS) is 27.1. The average Bonchev–Trinajstić information content (AvgIpc) is 3.11. The van der Waals surface area contributed by atoms with Crippen molar-refractivity contribution in [3.05, 3.63) is 33.9 Å². The summed E-state index contributed by atoms with van der Waals surface area (Å²) in [4.78, 5) is 25.7. The second-order valence-corrected chi connectivity index (χ2v) is 8.26. The Bertz CT molecular complexity index is 1130. The molecule has 3 aliphatic heterocycles. The number of hydrogen-bond acceptors (Lipinski definition) is 5. The molecule has 0 radical (unpaired) electrons. The van der Waals surface area contributed by atoms with E-state index in [2.05, 4.69) is 5.32 Å². The van der Waals surface area contributed by atoms with Gasteiger partial charge in [0.25, 0.3) is 5.92 Å². The number of carboxylic acids is 1. The molecule has 2 aromatic rings. The summed E-state index contributed by atoms with van der Waals surface area (Å²) < 4.78 is 51.4. The second-order valence-electron chi connectivity index (χ2n) is 8.26. The number of anilines is 1. The Morgan fingerprint density at radius 2 is 2.13 bits per heavy atom. The van der Waals surface area contributed by atoms with Gasteiger partial charge in [0.1, 0.15) is 17.9 Å². The number of alkyl halides is 2. The van der Waals surface area contributed by atoms with Crippen LogP contribution in [-0.4, -0.2) is 53.8 Å². The molecular formula is C20H20F3N3O4. The third kappa shape index (κ3) is 2.62. The van der Waals surface area contributed by atoms with Crippen LogP contribution in [0.3, 0.4) is 0 Å². The Kier molecular flexibility index (Phi) is 4.08. The van der Waals surface area contributed by atoms with E-state index < -0.39 is 40.7 Å². The van der Waals surface area contributed by atoms with Crippen molar-refractivity contribution in [1.29, 1.82) is 0 Å². The van der Waals surface area contributed by atoms with Gasteiger partial charge in [-0.2, -0.15) is 0 Å². The van der Waals surface area contributed by atoms with E-state index in [4.69, 9.17) is 4.74 Å². The van der Waals surface area contributed by atoms with E-state index in [0.717, 1.165) is 6.07 Å². The molecule has 1 aromatic heterocycles. The van der Waals surface area contributed by atoms with E-state index in [1.807, 2.05) is 0 Å². The predicted molar refractivity (Wildman–Crippen MR) is 102 cm³/mol. The summed E-state index contributed by atoms with van der Waals surface area (Å²) >= 11 is 0. The highest BCUT2D eigenvalue weighted by Crippen LogP contribution is 2.46. The molecule has 0 aliphatic carbocycles. The molecule has 2 fully saturated rings. The summed E-state index contributed by atoms with van der Waals surface area (Å²) in [7, 11) is 0. The van der Waals surface area contributed by atoms with Gasteiger partial charge < -0.3 is 24.6 Å². The van der Waals surface area contributed by atoms with Crippen LogP contribution in [0.4, 0.5) is 18.9 Å². The Labute approximate surface area is 169 Å². The Balaban J connectivity index is 1.70. The molecule has 2 saturated heterocycles. The first-order valence-corrected chi connectivity index (χ1v) is 9.82. The molecule has 0 saturated carbocycles. The maximum Gasteiger partial charge on any atom is 0.341 e. The van der Waals surface area contributed by atoms with Gasteiger partial charge in [-0.05, 0) is 13.0 Å². The SMILES string of the molecule is C[C@H]1COc2c(N3C[C@@H]4[C@@H](C3)NCCC4(F)F)c(F)cc3c(=O)c(C(=O)O)cn1c23. The van der Waals surface area contributed by atoms with Crippen LogP contribution >= 0.6 is 0 Å². The molecule has 1 aromatic carbocycles. The van der Waals surface area contributed by atoms with E-state index >= 15 is 4.39 Å². The van der Waals surface area contributed by atoms with Crippen LogP contribution in [0.2, 0.25) is 0 Å². The van der Waals surface area contributed by atoms with Gasteiger partial charge in [-0.25, -0.2) is 18.0 Å². The van der Waals surface area contributed by atoms with E-state index in [-0.39, 0.29) is 61.0 Å². The summed E-state index contributed by atoms with van der Waals surface area (Å²) in [5.74, 6) is -5.89. The van der Waals surface area contributed by atoms with Crippen molar-refractivity contribution in [2.24, 2.45) is 5.92 Å². The van der Waals surface area contributed by atoms with Crippen molar-refractivity contribution < 1.29 is 27.8 Å². The molecule has 7 nitrogen and oxygen atoms in total. The molecule has 0 unspecified atom stereocenters. The van der Waals surface area contributed by atoms with Gasteiger partial charge >= 0.3 is 5.97 Å². The number of carbonyl (C=O) groups is 1. The smallest absolute Gasteiger partial charge is 0.341 e. The van der Waals surface area contributed by atoms with Crippen molar-refractivity contribution in [3.63, 3.8) is 0 Å². The first kappa shape index (κ1) is 19.2. The van der Waals surface area contributed by atoms with Crippen molar-refractivity contribution in [2.75, 3.05) is 31.1 Å². The third-order valence-corrected chi connectivity index (χ3v) is 6.42. The van der Waals surface area contributed by atoms with Gasteiger partial charge in [-0.15, -0.1) is 0 Å². The molecule has 2 N–H and O–H groups in total. The zero-order valence-electron chi connectivity index (χ0n) is 16.1. The van der Waals surface area contributed by atoms with E-state index in [1.54, 1.807) is 16.4 Å². The molecule has 30 heavy (non-hydrogen) atoms. The molecule has 0 spiro atoms. The first-order valence-electron chi connectivity index (χ1n) is 9.82. The lowest BCUT2D eigenvalue weighted by atomic mass is 9.90. The number of halogens is 3. The second kappa shape index (κ2) is 6.37. The molecule has 5 rings (SSSR count). The number of nitrogens with one attached hydrogen (secondary N) is 1. The molecule has 10 heteroatoms. The van der Waals surface area contributed by atoms with Gasteiger partial charge in [-0.3, -0.25) is 4.79 Å². The minimum Gasteiger partial charge on any atom is -0.487 e. The molecule has 4 heterocycles. The quantitative estimate of drug-likeness (QED) is 0.771. The van der Waals surface area contributed by atoms with Gasteiger partial charge in [0, 0.05) is 38.3 Å². The number of aromatic carboxylic acids is 1. The number of rotatable bonds is 2. The van der Waals surface area contributed by atoms with Crippen LogP contribution in [-0.2, 0) is 0 Å². The summed E-state index contributed by atoms with van der Waals surface area (Å²) in [6, 6.07) is 0.230. The van der Waals surface area contributed by atoms with Crippen LogP contribution in [0.5, 0.6) is 5.75 Å². The Morgan fingerprint density at radius 3 is 2.83 bits per heavy atom. The van der Waals surface area contributed by atoms with Gasteiger partial charge in [-0.1, -0.05) is 0 Å². The lowest BCUT2D eigenvalue weighted by Crippen LogP contribution is -2.51. The third-order valence-electron chi connectivity index (χ3n) is 6.42. The highest BCUT2D eigenvalue weighted by atomic mass is 19.3. The highest BCUT2D eigenvalue weighted by Gasteiger charge is 2.52. The van der Waals surface area contributed by atoms with Crippen molar-refractivity contribution >= 4 is 22.6 Å². The van der Waals surface area contributed by atoms with Crippen molar-refractivity contribution in [2.45, 2.75) is 31.4 Å². The van der Waals surface area contributed by atoms with E-state index in [0.29, 0.717) is 0 Å². The van der Waals surface area contributed by atoms with Gasteiger partial charge in [0.05, 0.1) is 22.9 Å². The number of ether oxygens (including phenoxy) is 1. The number of nitrogens with zero attached hydrogens (tertiary/aromatic N) is 2. The number of fused-ring (bicyclic) bond motifs is 1. The Hall–Kier alpha value is -2.75. The van der Waals surface area contributed by atoms with E-state index in [1.165, 1.54) is 6.20 Å². The van der Waals surface area contributed by atoms with E-state index in [9.17, 15) is 23.5 Å². The maximum absolute atomic E-state index is 15.2. The topological polar surface area (TPSA) is 83.8 Å². The number of aromatic nitrogens is 1. The van der Waals surface area contributed by atoms with Crippen LogP contribution < -0.4 is 20.4 Å². The molecule has 0 bridgehead atoms. The molecule has 160 valence electrons. The summed E-state index contributed by atoms with van der Waals surface area (Å²) in [5, 5.41) is 12.3. The van der Waals surface area contributed by atoms with Crippen LogP contribution in [0.15, 0.2) is 17.1 Å². The molecule has 0 amide bonds. The van der Waals surface area contributed by atoms with Crippen molar-refractivity contribution in [1.82, 2.24) is 9.88 Å². The Morgan fingerprint density at radius 1 is 1.37 bits per heavy atom. The van der Waals surface area contributed by atoms with Crippen LogP contribution in [0.1, 0.15) is 29.7 Å². The van der Waals surface area contributed by atoms with Gasteiger partial charge in [0.15, 0.2) is 11.6 Å². The highest BCUT2D eigenvalue weighted by molar-refractivity contribution is 5.97. The number of carboxylic acid groups (broad SMARTS) is 1. The maximum atomic E-state index is 15.2. The summed E-state index contributed by atoms with van der Waals surface area (Å²) in [6.07, 6.45) is 0.978. The van der Waals surface area contributed by atoms with Crippen LogP contribution in [0, 0.1) is 11.7 Å². The number of benzene rings is 1. The average molecular weight is 423 g/mol. The summed E-state index contributed by atoms with van der Waals surface area (Å²) in [5.41, 5.74) is -0.931. The molecular weight excluding hydrogens is 403 g/mol. The fraction of sp³-hybridized carbons (Fsp3) is 0.500. The monoisotopic (exact) mass is 423 g/mol. The number of hydrogen-bond donors (Lipinski definition) is 2. The van der Waals surface area contributed by atoms with Crippen molar-refractivity contribution in [3.8, 4) is 5.75 Å². The lowest BCUT2D eigenvalue weighted by Gasteiger charge is -2.33. The summed E-state index contributed by atoms with van der Waals surface area (Å²) in [6.45, 7) is 2.26. The minimum absolute atomic E-state index is 0.0395. The predicted octanol–water partition coefficient (Wildman–Crippen LogP) is 2.23. The fourth-order valence-electron chi connectivity index (χ4n) is 4.89. The van der Waals surface area contributed by atoms with Gasteiger partial charge in [0.2, 0.25) is 5.43 Å². The largest absolute Gasteiger partial charge is 0.487 e. The fourth-order valence-corrected chi connectivity index (χ4v) is 4.89.